The predicted octanol–water partition coefficient (Wildman–Crippen LogP) is 2.25. The van der Waals surface area contributed by atoms with Crippen LogP contribution in [0.4, 0.5) is 15.3 Å². The Kier molecular flexibility index (Phi) is 4.13. The number of nitrogens with zero attached hydrogens (tertiary/aromatic N) is 1. The van der Waals surface area contributed by atoms with Crippen LogP contribution in [-0.2, 0) is 4.74 Å². The summed E-state index contributed by atoms with van der Waals surface area (Å²) in [7, 11) is 2.62. The van der Waals surface area contributed by atoms with Crippen LogP contribution in [-0.4, -0.2) is 26.3 Å². The van der Waals surface area contributed by atoms with Crippen molar-refractivity contribution in [2.75, 3.05) is 19.1 Å². The number of rotatable bonds is 1. The Morgan fingerprint density at radius 2 is 2.12 bits per heavy atom. The maximum Gasteiger partial charge on any atom is 0.422 e. The van der Waals surface area contributed by atoms with E-state index in [2.05, 4.69) is 10.1 Å². The second-order valence-corrected chi connectivity index (χ2v) is 3.28. The van der Waals surface area contributed by atoms with Crippen LogP contribution in [0.25, 0.3) is 0 Å². The van der Waals surface area contributed by atoms with Crippen molar-refractivity contribution >= 4 is 29.4 Å². The van der Waals surface area contributed by atoms with Crippen molar-refractivity contribution in [1.82, 2.24) is 5.32 Å². The molecule has 0 radical (unpaired) electrons. The lowest BCUT2D eigenvalue weighted by atomic mass is 10.3. The Bertz CT molecular complexity index is 393. The van der Waals surface area contributed by atoms with E-state index in [-0.39, 0.29) is 0 Å². The Labute approximate surface area is 97.9 Å². The van der Waals surface area contributed by atoms with Crippen molar-refractivity contribution in [3.63, 3.8) is 0 Å². The first-order chi connectivity index (χ1) is 7.60. The van der Waals surface area contributed by atoms with Crippen LogP contribution in [0, 0.1) is 0 Å². The summed E-state index contributed by atoms with van der Waals surface area (Å²) < 4.78 is 4.51. The van der Waals surface area contributed by atoms with Crippen molar-refractivity contribution < 1.29 is 14.3 Å². The number of urea groups is 1. The molecular weight excluding hydrogens is 232 g/mol. The van der Waals surface area contributed by atoms with Gasteiger partial charge in [-0.1, -0.05) is 17.7 Å². The number of methoxy groups -OCH3 is 1. The van der Waals surface area contributed by atoms with Crippen LogP contribution in [0.3, 0.4) is 0 Å². The lowest BCUT2D eigenvalue weighted by Crippen LogP contribution is -2.42. The summed E-state index contributed by atoms with van der Waals surface area (Å²) in [5, 5.41) is 2.77. The zero-order valence-electron chi connectivity index (χ0n) is 8.86. The van der Waals surface area contributed by atoms with Crippen molar-refractivity contribution in [1.29, 1.82) is 0 Å². The average molecular weight is 243 g/mol. The minimum atomic E-state index is -0.776. The fraction of sp³-hybridized carbons (Fsp3) is 0.200. The number of hydrogen-bond donors (Lipinski definition) is 1. The van der Waals surface area contributed by atoms with Crippen molar-refractivity contribution in [2.24, 2.45) is 0 Å². The number of carbonyl (C=O) groups is 2. The lowest BCUT2D eigenvalue weighted by molar-refractivity contribution is 0.178. The standard InChI is InChI=1S/C10H11ClN2O3/c1-12-9(14)13(10(15)16-2)8-5-3-4-7(11)6-8/h3-6H,1-2H3,(H,12,14). The monoisotopic (exact) mass is 242 g/mol. The highest BCUT2D eigenvalue weighted by Gasteiger charge is 2.23. The molecule has 0 bridgehead atoms. The van der Waals surface area contributed by atoms with Gasteiger partial charge in [0.15, 0.2) is 0 Å². The van der Waals surface area contributed by atoms with Gasteiger partial charge >= 0.3 is 12.1 Å². The molecule has 6 heteroatoms. The number of anilines is 1. The SMILES string of the molecule is CNC(=O)N(C(=O)OC)c1cccc(Cl)c1. The van der Waals surface area contributed by atoms with Gasteiger partial charge < -0.3 is 10.1 Å². The second kappa shape index (κ2) is 5.37. The summed E-state index contributed by atoms with van der Waals surface area (Å²) in [6.07, 6.45) is -0.776. The van der Waals surface area contributed by atoms with Gasteiger partial charge in [0.2, 0.25) is 0 Å². The van der Waals surface area contributed by atoms with Crippen LogP contribution in [0.5, 0.6) is 0 Å². The van der Waals surface area contributed by atoms with E-state index in [0.717, 1.165) is 4.90 Å². The minimum absolute atomic E-state index is 0.346. The fourth-order valence-electron chi connectivity index (χ4n) is 1.12. The summed E-state index contributed by atoms with van der Waals surface area (Å²) in [6, 6.07) is 5.77. The average Bonchev–Trinajstić information content (AvgIpc) is 2.29. The van der Waals surface area contributed by atoms with Gasteiger partial charge in [-0.05, 0) is 18.2 Å². The number of nitrogens with one attached hydrogen (secondary N) is 1. The molecule has 5 nitrogen and oxygen atoms in total. The molecule has 1 aromatic carbocycles. The molecule has 0 atom stereocenters. The number of hydrogen-bond acceptors (Lipinski definition) is 3. The fourth-order valence-corrected chi connectivity index (χ4v) is 1.31. The number of benzene rings is 1. The molecule has 1 rings (SSSR count). The van der Waals surface area contributed by atoms with Crippen LogP contribution in [0.15, 0.2) is 24.3 Å². The molecule has 1 N–H and O–H groups in total. The van der Waals surface area contributed by atoms with E-state index in [9.17, 15) is 9.59 Å². The van der Waals surface area contributed by atoms with E-state index in [1.165, 1.54) is 20.2 Å². The molecule has 1 aromatic rings. The highest BCUT2D eigenvalue weighted by Crippen LogP contribution is 2.20. The summed E-state index contributed by atoms with van der Waals surface area (Å²) >= 11 is 5.77. The smallest absolute Gasteiger partial charge is 0.422 e. The van der Waals surface area contributed by atoms with E-state index < -0.39 is 12.1 Å². The molecule has 16 heavy (non-hydrogen) atoms. The summed E-state index contributed by atoms with van der Waals surface area (Å²) in [4.78, 5) is 23.8. The predicted molar refractivity (Wildman–Crippen MR) is 60.8 cm³/mol. The summed E-state index contributed by atoms with van der Waals surface area (Å²) in [6.45, 7) is 0. The molecular formula is C10H11ClN2O3. The third-order valence-corrected chi connectivity index (χ3v) is 2.08. The largest absolute Gasteiger partial charge is 0.452 e. The van der Waals surface area contributed by atoms with Crippen molar-refractivity contribution in [3.8, 4) is 0 Å². The summed E-state index contributed by atoms with van der Waals surface area (Å²) in [5.41, 5.74) is 0.346. The molecule has 0 aliphatic heterocycles. The number of imide groups is 1. The first-order valence-corrected chi connectivity index (χ1v) is 4.83. The maximum absolute atomic E-state index is 11.5. The molecule has 0 aliphatic carbocycles. The van der Waals surface area contributed by atoms with E-state index in [4.69, 9.17) is 11.6 Å². The zero-order chi connectivity index (χ0) is 12.1. The van der Waals surface area contributed by atoms with Crippen LogP contribution in [0.1, 0.15) is 0 Å². The Balaban J connectivity index is 3.10. The van der Waals surface area contributed by atoms with Gasteiger partial charge in [-0.3, -0.25) is 0 Å². The van der Waals surface area contributed by atoms with Crippen molar-refractivity contribution in [3.05, 3.63) is 29.3 Å². The summed E-state index contributed by atoms with van der Waals surface area (Å²) in [5.74, 6) is 0. The van der Waals surface area contributed by atoms with Gasteiger partial charge in [-0.25, -0.2) is 9.59 Å². The van der Waals surface area contributed by atoms with Gasteiger partial charge in [0, 0.05) is 12.1 Å². The van der Waals surface area contributed by atoms with Crippen LogP contribution in [0.2, 0.25) is 5.02 Å². The maximum atomic E-state index is 11.5. The number of carbonyl (C=O) groups excluding carboxylic acids is 2. The zero-order valence-corrected chi connectivity index (χ0v) is 9.62. The first-order valence-electron chi connectivity index (χ1n) is 4.45. The van der Waals surface area contributed by atoms with E-state index in [0.29, 0.717) is 10.7 Å². The van der Waals surface area contributed by atoms with Gasteiger partial charge in [0.1, 0.15) is 0 Å². The third kappa shape index (κ3) is 2.64. The van der Waals surface area contributed by atoms with Crippen LogP contribution >= 0.6 is 11.6 Å². The highest BCUT2D eigenvalue weighted by molar-refractivity contribution is 6.31. The molecule has 0 heterocycles. The van der Waals surface area contributed by atoms with Gasteiger partial charge in [0.05, 0.1) is 12.8 Å². The Morgan fingerprint density at radius 3 is 2.62 bits per heavy atom. The molecule has 3 amide bonds. The van der Waals surface area contributed by atoms with E-state index in [1.54, 1.807) is 18.2 Å². The van der Waals surface area contributed by atoms with Crippen molar-refractivity contribution in [2.45, 2.75) is 0 Å². The number of ether oxygens (including phenoxy) is 1. The van der Waals surface area contributed by atoms with Gasteiger partial charge in [0.25, 0.3) is 0 Å². The minimum Gasteiger partial charge on any atom is -0.452 e. The van der Waals surface area contributed by atoms with Gasteiger partial charge in [-0.2, -0.15) is 4.90 Å². The molecule has 86 valence electrons. The lowest BCUT2D eigenvalue weighted by Gasteiger charge is -2.18. The molecule has 0 aliphatic rings. The Hall–Kier alpha value is -1.75. The quantitative estimate of drug-likeness (QED) is 0.822. The van der Waals surface area contributed by atoms with E-state index in [1.807, 2.05) is 0 Å². The topological polar surface area (TPSA) is 58.6 Å². The molecule has 0 spiro atoms. The van der Waals surface area contributed by atoms with Crippen LogP contribution < -0.4 is 10.2 Å². The number of amides is 3. The normalized spacial score (nSPS) is 9.44. The molecule has 0 unspecified atom stereocenters. The first kappa shape index (κ1) is 12.3. The molecule has 0 fully saturated rings. The Morgan fingerprint density at radius 1 is 1.44 bits per heavy atom. The van der Waals surface area contributed by atoms with E-state index >= 15 is 0 Å². The molecule has 0 saturated carbocycles. The molecule has 0 saturated heterocycles. The number of halogens is 1. The third-order valence-electron chi connectivity index (χ3n) is 1.84. The second-order valence-electron chi connectivity index (χ2n) is 2.84. The molecule has 0 aromatic heterocycles. The van der Waals surface area contributed by atoms with Gasteiger partial charge in [-0.15, -0.1) is 0 Å². The highest BCUT2D eigenvalue weighted by atomic mass is 35.5.